The zero-order valence-electron chi connectivity index (χ0n) is 12.7. The summed E-state index contributed by atoms with van der Waals surface area (Å²) in [5.74, 6) is -0.749. The Bertz CT molecular complexity index is 991. The van der Waals surface area contributed by atoms with Crippen molar-refractivity contribution in [2.24, 2.45) is 0 Å². The van der Waals surface area contributed by atoms with Gasteiger partial charge in [-0.25, -0.2) is 0 Å². The van der Waals surface area contributed by atoms with Crippen molar-refractivity contribution in [3.05, 3.63) is 78.4 Å². The molecule has 0 aromatic heterocycles. The Morgan fingerprint density at radius 1 is 0.792 bits per heavy atom. The van der Waals surface area contributed by atoms with Crippen molar-refractivity contribution in [1.29, 1.82) is 0 Å². The Kier molecular flexibility index (Phi) is 3.35. The van der Waals surface area contributed by atoms with E-state index < -0.39 is 0 Å². The number of para-hydroxylation sites is 1. The van der Waals surface area contributed by atoms with Gasteiger partial charge in [0.15, 0.2) is 0 Å². The van der Waals surface area contributed by atoms with Crippen molar-refractivity contribution in [1.82, 2.24) is 5.32 Å². The summed E-state index contributed by atoms with van der Waals surface area (Å²) in [6.07, 6.45) is 1.36. The minimum atomic E-state index is -0.381. The molecule has 24 heavy (non-hydrogen) atoms. The molecule has 0 unspecified atom stereocenters. The molecule has 0 aliphatic carbocycles. The van der Waals surface area contributed by atoms with Crippen molar-refractivity contribution >= 4 is 39.5 Å². The Morgan fingerprint density at radius 3 is 2.29 bits per heavy atom. The predicted octanol–water partition coefficient (Wildman–Crippen LogP) is 3.62. The van der Waals surface area contributed by atoms with E-state index in [9.17, 15) is 9.59 Å². The molecular formula is C20H14N2O2. The van der Waals surface area contributed by atoms with Gasteiger partial charge in [-0.15, -0.1) is 0 Å². The smallest absolute Gasteiger partial charge is 0.259 e. The maximum atomic E-state index is 12.2. The zero-order chi connectivity index (χ0) is 16.5. The number of hydrogen-bond acceptors (Lipinski definition) is 3. The lowest BCUT2D eigenvalue weighted by atomic mass is 9.96. The highest BCUT2D eigenvalue weighted by Crippen LogP contribution is 2.35. The first-order valence-corrected chi connectivity index (χ1v) is 7.63. The SMILES string of the molecule is O=C1C=C(c2c(Nc3ccccc3)ccc3ccccc23)C(=O)N1. The first-order chi connectivity index (χ1) is 11.7. The first kappa shape index (κ1) is 14.2. The molecule has 3 aromatic rings. The molecule has 4 nitrogen and oxygen atoms in total. The highest BCUT2D eigenvalue weighted by Gasteiger charge is 2.25. The van der Waals surface area contributed by atoms with Crippen LogP contribution in [0.1, 0.15) is 5.56 Å². The van der Waals surface area contributed by atoms with Gasteiger partial charge in [-0.3, -0.25) is 14.9 Å². The highest BCUT2D eigenvalue weighted by molar-refractivity contribution is 6.36. The molecule has 4 rings (SSSR count). The molecule has 0 spiro atoms. The fourth-order valence-corrected chi connectivity index (χ4v) is 2.94. The molecule has 0 fully saturated rings. The van der Waals surface area contributed by atoms with Gasteiger partial charge in [0.2, 0.25) is 0 Å². The van der Waals surface area contributed by atoms with E-state index in [-0.39, 0.29) is 11.8 Å². The third-order valence-corrected chi connectivity index (χ3v) is 4.01. The molecule has 2 N–H and O–H groups in total. The summed E-state index contributed by atoms with van der Waals surface area (Å²) in [5.41, 5.74) is 2.82. The number of imide groups is 1. The number of carbonyl (C=O) groups is 2. The van der Waals surface area contributed by atoms with Gasteiger partial charge in [0.25, 0.3) is 11.8 Å². The average Bonchev–Trinajstić information content (AvgIpc) is 2.93. The van der Waals surface area contributed by atoms with E-state index in [2.05, 4.69) is 10.6 Å². The van der Waals surface area contributed by atoms with Crippen molar-refractivity contribution in [3.63, 3.8) is 0 Å². The van der Waals surface area contributed by atoms with Crippen LogP contribution < -0.4 is 10.6 Å². The van der Waals surface area contributed by atoms with Gasteiger partial charge in [0.05, 0.1) is 5.57 Å². The van der Waals surface area contributed by atoms with Gasteiger partial charge in [-0.05, 0) is 29.0 Å². The third kappa shape index (κ3) is 2.44. The molecule has 4 heteroatoms. The van der Waals surface area contributed by atoms with Crippen LogP contribution in [-0.2, 0) is 9.59 Å². The molecular weight excluding hydrogens is 300 g/mol. The standard InChI is InChI=1S/C20H14N2O2/c23-18-12-16(20(24)22-18)19-15-9-5-4-6-13(15)10-11-17(19)21-14-7-2-1-3-8-14/h1-12,21H,(H,22,23,24). The van der Waals surface area contributed by atoms with Crippen molar-refractivity contribution in [2.75, 3.05) is 5.32 Å². The molecule has 0 saturated heterocycles. The molecule has 1 heterocycles. The molecule has 1 aliphatic rings. The van der Waals surface area contributed by atoms with Crippen molar-refractivity contribution in [2.45, 2.75) is 0 Å². The lowest BCUT2D eigenvalue weighted by molar-refractivity contribution is -0.123. The summed E-state index contributed by atoms with van der Waals surface area (Å²) in [5, 5.41) is 7.61. The van der Waals surface area contributed by atoms with Crippen LogP contribution in [0.3, 0.4) is 0 Å². The van der Waals surface area contributed by atoms with Crippen molar-refractivity contribution < 1.29 is 9.59 Å². The van der Waals surface area contributed by atoms with Gasteiger partial charge >= 0.3 is 0 Å². The number of nitrogens with one attached hydrogen (secondary N) is 2. The molecule has 1 aliphatic heterocycles. The van der Waals surface area contributed by atoms with Gasteiger partial charge in [0.1, 0.15) is 0 Å². The van der Waals surface area contributed by atoms with E-state index in [4.69, 9.17) is 0 Å². The number of anilines is 2. The first-order valence-electron chi connectivity index (χ1n) is 7.63. The second-order valence-electron chi connectivity index (χ2n) is 5.58. The minimum absolute atomic E-state index is 0.368. The zero-order valence-corrected chi connectivity index (χ0v) is 12.7. The lowest BCUT2D eigenvalue weighted by Gasteiger charge is -2.15. The van der Waals surface area contributed by atoms with Crippen LogP contribution in [0.5, 0.6) is 0 Å². The topological polar surface area (TPSA) is 58.2 Å². The maximum Gasteiger partial charge on any atom is 0.259 e. The predicted molar refractivity (Wildman–Crippen MR) is 94.8 cm³/mol. The van der Waals surface area contributed by atoms with E-state index in [1.165, 1.54) is 6.08 Å². The fourth-order valence-electron chi connectivity index (χ4n) is 2.94. The monoisotopic (exact) mass is 314 g/mol. The van der Waals surface area contributed by atoms with E-state index in [0.29, 0.717) is 5.57 Å². The van der Waals surface area contributed by atoms with Crippen LogP contribution in [0, 0.1) is 0 Å². The maximum absolute atomic E-state index is 12.2. The van der Waals surface area contributed by atoms with Crippen LogP contribution in [0.15, 0.2) is 72.8 Å². The summed E-state index contributed by atoms with van der Waals surface area (Å²) >= 11 is 0. The molecule has 0 bridgehead atoms. The van der Waals surface area contributed by atoms with Crippen LogP contribution in [-0.4, -0.2) is 11.8 Å². The van der Waals surface area contributed by atoms with Gasteiger partial charge < -0.3 is 5.32 Å². The lowest BCUT2D eigenvalue weighted by Crippen LogP contribution is -2.22. The Hall–Kier alpha value is -3.40. The Labute approximate surface area is 138 Å². The fraction of sp³-hybridized carbons (Fsp3) is 0. The normalized spacial score (nSPS) is 13.8. The van der Waals surface area contributed by atoms with Crippen molar-refractivity contribution in [3.8, 4) is 0 Å². The molecule has 0 atom stereocenters. The van der Waals surface area contributed by atoms with E-state index in [1.54, 1.807) is 0 Å². The summed E-state index contributed by atoms with van der Waals surface area (Å²) in [6, 6.07) is 21.5. The summed E-state index contributed by atoms with van der Waals surface area (Å²) < 4.78 is 0. The second kappa shape index (κ2) is 5.66. The Balaban J connectivity index is 1.93. The second-order valence-corrected chi connectivity index (χ2v) is 5.58. The highest BCUT2D eigenvalue weighted by atomic mass is 16.2. The van der Waals surface area contributed by atoms with E-state index in [1.807, 2.05) is 66.7 Å². The molecule has 2 amide bonds. The van der Waals surface area contributed by atoms with Gasteiger partial charge in [0, 0.05) is 23.0 Å². The summed E-state index contributed by atoms with van der Waals surface area (Å²) in [4.78, 5) is 23.8. The largest absolute Gasteiger partial charge is 0.355 e. The number of carbonyl (C=O) groups excluding carboxylic acids is 2. The number of fused-ring (bicyclic) bond motifs is 1. The summed E-state index contributed by atoms with van der Waals surface area (Å²) in [7, 11) is 0. The number of amides is 2. The molecule has 116 valence electrons. The van der Waals surface area contributed by atoms with Crippen LogP contribution >= 0.6 is 0 Å². The minimum Gasteiger partial charge on any atom is -0.355 e. The van der Waals surface area contributed by atoms with Gasteiger partial charge in [-0.1, -0.05) is 48.5 Å². The van der Waals surface area contributed by atoms with Crippen LogP contribution in [0.4, 0.5) is 11.4 Å². The third-order valence-electron chi connectivity index (χ3n) is 4.01. The van der Waals surface area contributed by atoms with Crippen LogP contribution in [0.2, 0.25) is 0 Å². The molecule has 3 aromatic carbocycles. The molecule has 0 saturated carbocycles. The quantitative estimate of drug-likeness (QED) is 0.726. The average molecular weight is 314 g/mol. The Morgan fingerprint density at radius 2 is 1.54 bits per heavy atom. The number of benzene rings is 3. The number of hydrogen-bond donors (Lipinski definition) is 2. The van der Waals surface area contributed by atoms with Crippen LogP contribution in [0.25, 0.3) is 16.3 Å². The van der Waals surface area contributed by atoms with E-state index >= 15 is 0 Å². The van der Waals surface area contributed by atoms with Gasteiger partial charge in [-0.2, -0.15) is 0 Å². The summed E-state index contributed by atoms with van der Waals surface area (Å²) in [6.45, 7) is 0. The molecule has 0 radical (unpaired) electrons. The number of rotatable bonds is 3. The van der Waals surface area contributed by atoms with E-state index in [0.717, 1.165) is 27.7 Å².